The van der Waals surface area contributed by atoms with E-state index in [9.17, 15) is 13.2 Å². The SMILES string of the molecule is Cc1cc(F)c2nc(C(F)F)cn2c1. The van der Waals surface area contributed by atoms with Crippen LogP contribution in [0.3, 0.4) is 0 Å². The highest BCUT2D eigenvalue weighted by Crippen LogP contribution is 2.20. The summed E-state index contributed by atoms with van der Waals surface area (Å²) in [4.78, 5) is 3.49. The molecule has 2 aromatic rings. The maximum atomic E-state index is 13.2. The van der Waals surface area contributed by atoms with Crippen molar-refractivity contribution < 1.29 is 13.2 Å². The molecule has 0 amide bonds. The molecule has 0 saturated heterocycles. The molecule has 0 spiro atoms. The molecule has 2 rings (SSSR count). The molecule has 0 fully saturated rings. The van der Waals surface area contributed by atoms with Gasteiger partial charge in [0, 0.05) is 12.4 Å². The van der Waals surface area contributed by atoms with Crippen molar-refractivity contribution in [2.45, 2.75) is 13.3 Å². The number of pyridine rings is 1. The van der Waals surface area contributed by atoms with Crippen LogP contribution in [0, 0.1) is 12.7 Å². The first-order chi connectivity index (χ1) is 6.58. The number of aromatic nitrogens is 2. The molecule has 5 heteroatoms. The number of imidazole rings is 1. The van der Waals surface area contributed by atoms with Crippen molar-refractivity contribution in [2.75, 3.05) is 0 Å². The Labute approximate surface area is 78.0 Å². The zero-order valence-electron chi connectivity index (χ0n) is 7.34. The third kappa shape index (κ3) is 1.34. The normalized spacial score (nSPS) is 11.5. The standard InChI is InChI=1S/C9H7F3N2/c1-5-2-6(10)9-13-7(8(11)12)4-14(9)3-5/h2-4,8H,1H3. The maximum absolute atomic E-state index is 13.2. The van der Waals surface area contributed by atoms with Gasteiger partial charge < -0.3 is 4.40 Å². The van der Waals surface area contributed by atoms with Crippen LogP contribution in [-0.2, 0) is 0 Å². The smallest absolute Gasteiger partial charge is 0.281 e. The molecule has 2 aromatic heterocycles. The van der Waals surface area contributed by atoms with Crippen LogP contribution in [0.5, 0.6) is 0 Å². The first-order valence-corrected chi connectivity index (χ1v) is 4.01. The van der Waals surface area contributed by atoms with Crippen molar-refractivity contribution in [3.8, 4) is 0 Å². The topological polar surface area (TPSA) is 17.3 Å². The third-order valence-corrected chi connectivity index (χ3v) is 1.89. The summed E-state index contributed by atoms with van der Waals surface area (Å²) in [5.41, 5.74) is 0.189. The van der Waals surface area contributed by atoms with E-state index < -0.39 is 17.9 Å². The number of hydrogen-bond acceptors (Lipinski definition) is 1. The lowest BCUT2D eigenvalue weighted by Gasteiger charge is -1.96. The number of rotatable bonds is 1. The number of fused-ring (bicyclic) bond motifs is 1. The molecule has 2 heterocycles. The molecule has 0 saturated carbocycles. The number of nitrogens with zero attached hydrogens (tertiary/aromatic N) is 2. The Balaban J connectivity index is 2.70. The molecule has 0 N–H and O–H groups in total. The minimum absolute atomic E-state index is 0.0640. The van der Waals surface area contributed by atoms with Gasteiger partial charge in [-0.1, -0.05) is 0 Å². The summed E-state index contributed by atoms with van der Waals surface area (Å²) in [5.74, 6) is -0.586. The van der Waals surface area contributed by atoms with Gasteiger partial charge in [-0.15, -0.1) is 0 Å². The molecular formula is C9H7F3N2. The highest BCUT2D eigenvalue weighted by atomic mass is 19.3. The van der Waals surface area contributed by atoms with Gasteiger partial charge in [-0.05, 0) is 18.6 Å². The van der Waals surface area contributed by atoms with E-state index in [1.54, 1.807) is 13.1 Å². The van der Waals surface area contributed by atoms with E-state index in [0.717, 1.165) is 6.20 Å². The summed E-state index contributed by atoms with van der Waals surface area (Å²) in [5, 5.41) is 0. The monoisotopic (exact) mass is 200 g/mol. The second-order valence-electron chi connectivity index (χ2n) is 3.06. The average Bonchev–Trinajstić information content (AvgIpc) is 2.47. The summed E-state index contributed by atoms with van der Waals surface area (Å²) >= 11 is 0. The molecule has 0 unspecified atom stereocenters. The van der Waals surface area contributed by atoms with Gasteiger partial charge in [0.15, 0.2) is 11.5 Å². The van der Waals surface area contributed by atoms with Crippen LogP contribution in [0.4, 0.5) is 13.2 Å². The van der Waals surface area contributed by atoms with E-state index in [1.165, 1.54) is 10.5 Å². The lowest BCUT2D eigenvalue weighted by molar-refractivity contribution is 0.147. The fraction of sp³-hybridized carbons (Fsp3) is 0.222. The Bertz CT molecular complexity index is 476. The van der Waals surface area contributed by atoms with E-state index >= 15 is 0 Å². The fourth-order valence-electron chi connectivity index (χ4n) is 1.31. The largest absolute Gasteiger partial charge is 0.304 e. The van der Waals surface area contributed by atoms with Crippen LogP contribution in [0.1, 0.15) is 17.7 Å². The highest BCUT2D eigenvalue weighted by Gasteiger charge is 2.14. The molecule has 0 aliphatic carbocycles. The Kier molecular flexibility index (Phi) is 1.94. The Morgan fingerprint density at radius 1 is 1.36 bits per heavy atom. The number of halogens is 3. The Morgan fingerprint density at radius 2 is 2.07 bits per heavy atom. The summed E-state index contributed by atoms with van der Waals surface area (Å²) < 4.78 is 38.9. The van der Waals surface area contributed by atoms with Gasteiger partial charge in [0.05, 0.1) is 0 Å². The van der Waals surface area contributed by atoms with Crippen LogP contribution < -0.4 is 0 Å². The minimum atomic E-state index is -2.67. The van der Waals surface area contributed by atoms with E-state index in [0.29, 0.717) is 5.56 Å². The number of hydrogen-bond donors (Lipinski definition) is 0. The van der Waals surface area contributed by atoms with E-state index in [1.807, 2.05) is 0 Å². The summed E-state index contributed by atoms with van der Waals surface area (Å²) in [7, 11) is 0. The summed E-state index contributed by atoms with van der Waals surface area (Å²) in [6.07, 6.45) is 0.0162. The molecule has 0 aromatic carbocycles. The predicted octanol–water partition coefficient (Wildman–Crippen LogP) is 2.72. The molecular weight excluding hydrogens is 193 g/mol. The molecule has 0 aliphatic heterocycles. The molecule has 0 aliphatic rings. The van der Waals surface area contributed by atoms with E-state index in [-0.39, 0.29) is 5.65 Å². The second-order valence-corrected chi connectivity index (χ2v) is 3.06. The lowest BCUT2D eigenvalue weighted by Crippen LogP contribution is -1.89. The lowest BCUT2D eigenvalue weighted by atomic mass is 10.3. The van der Waals surface area contributed by atoms with Gasteiger partial charge in [0.1, 0.15) is 5.69 Å². The molecule has 0 radical (unpaired) electrons. The maximum Gasteiger partial charge on any atom is 0.281 e. The molecule has 74 valence electrons. The van der Waals surface area contributed by atoms with E-state index in [4.69, 9.17) is 0 Å². The summed E-state index contributed by atoms with van der Waals surface area (Å²) in [6, 6.07) is 1.26. The predicted molar refractivity (Wildman–Crippen MR) is 44.8 cm³/mol. The summed E-state index contributed by atoms with van der Waals surface area (Å²) in [6.45, 7) is 1.69. The highest BCUT2D eigenvalue weighted by molar-refractivity contribution is 5.43. The second kappa shape index (κ2) is 3.01. The van der Waals surface area contributed by atoms with Crippen LogP contribution in [-0.4, -0.2) is 9.38 Å². The minimum Gasteiger partial charge on any atom is -0.304 e. The van der Waals surface area contributed by atoms with Gasteiger partial charge in [0.25, 0.3) is 6.43 Å². The van der Waals surface area contributed by atoms with Crippen LogP contribution >= 0.6 is 0 Å². The average molecular weight is 200 g/mol. The quantitative estimate of drug-likeness (QED) is 0.691. The molecule has 0 atom stereocenters. The van der Waals surface area contributed by atoms with Gasteiger partial charge in [0.2, 0.25) is 0 Å². The number of alkyl halides is 2. The Morgan fingerprint density at radius 3 is 2.71 bits per heavy atom. The first-order valence-electron chi connectivity index (χ1n) is 4.01. The van der Waals surface area contributed by atoms with Crippen LogP contribution in [0.15, 0.2) is 18.5 Å². The van der Waals surface area contributed by atoms with Gasteiger partial charge in [-0.3, -0.25) is 0 Å². The van der Waals surface area contributed by atoms with Gasteiger partial charge >= 0.3 is 0 Å². The molecule has 2 nitrogen and oxygen atoms in total. The van der Waals surface area contributed by atoms with Gasteiger partial charge in [-0.2, -0.15) is 0 Å². The Hall–Kier alpha value is -1.52. The van der Waals surface area contributed by atoms with Gasteiger partial charge in [-0.25, -0.2) is 18.2 Å². The first kappa shape index (κ1) is 9.05. The molecule has 0 bridgehead atoms. The van der Waals surface area contributed by atoms with Crippen molar-refractivity contribution in [1.29, 1.82) is 0 Å². The van der Waals surface area contributed by atoms with E-state index in [2.05, 4.69) is 4.98 Å². The molecule has 14 heavy (non-hydrogen) atoms. The van der Waals surface area contributed by atoms with Crippen molar-refractivity contribution in [2.24, 2.45) is 0 Å². The number of aryl methyl sites for hydroxylation is 1. The van der Waals surface area contributed by atoms with Crippen LogP contribution in [0.2, 0.25) is 0 Å². The fourth-order valence-corrected chi connectivity index (χ4v) is 1.31. The zero-order valence-corrected chi connectivity index (χ0v) is 7.34. The van der Waals surface area contributed by atoms with Crippen molar-refractivity contribution in [3.05, 3.63) is 35.5 Å². The van der Waals surface area contributed by atoms with Crippen molar-refractivity contribution in [1.82, 2.24) is 9.38 Å². The third-order valence-electron chi connectivity index (χ3n) is 1.89. The van der Waals surface area contributed by atoms with Crippen molar-refractivity contribution in [3.63, 3.8) is 0 Å². The van der Waals surface area contributed by atoms with Crippen molar-refractivity contribution >= 4 is 5.65 Å². The van der Waals surface area contributed by atoms with Crippen LogP contribution in [0.25, 0.3) is 5.65 Å². The zero-order chi connectivity index (χ0) is 10.3.